The van der Waals surface area contributed by atoms with E-state index < -0.39 is 0 Å². The van der Waals surface area contributed by atoms with E-state index >= 15 is 0 Å². The lowest BCUT2D eigenvalue weighted by Gasteiger charge is -2.17. The van der Waals surface area contributed by atoms with Gasteiger partial charge >= 0.3 is 0 Å². The number of carbonyl (C=O) groups excluding carboxylic acids is 1. The number of nitrogens with one attached hydrogen (secondary N) is 2. The molecule has 0 bridgehead atoms. The largest absolute Gasteiger partial charge is 0.497 e. The van der Waals surface area contributed by atoms with Crippen LogP contribution < -0.4 is 20.1 Å². The van der Waals surface area contributed by atoms with Gasteiger partial charge in [0.2, 0.25) is 0 Å². The predicted octanol–water partition coefficient (Wildman–Crippen LogP) is 4.86. The fourth-order valence-corrected chi connectivity index (χ4v) is 4.32. The Kier molecular flexibility index (Phi) is 6.33. The molecule has 0 radical (unpaired) electrons. The van der Waals surface area contributed by atoms with Crippen molar-refractivity contribution in [3.63, 3.8) is 0 Å². The van der Waals surface area contributed by atoms with Crippen molar-refractivity contribution in [2.45, 2.75) is 33.7 Å². The smallest absolute Gasteiger partial charge is 0.268 e. The molecule has 0 saturated carbocycles. The van der Waals surface area contributed by atoms with Crippen LogP contribution in [0.1, 0.15) is 42.4 Å². The number of benzene rings is 1. The van der Waals surface area contributed by atoms with E-state index in [1.54, 1.807) is 20.4 Å². The number of rotatable bonds is 6. The van der Waals surface area contributed by atoms with Crippen molar-refractivity contribution < 1.29 is 14.3 Å². The molecule has 0 aliphatic carbocycles. The van der Waals surface area contributed by atoms with Gasteiger partial charge in [-0.3, -0.25) is 9.78 Å². The summed E-state index contributed by atoms with van der Waals surface area (Å²) in [5.41, 5.74) is 3.41. The number of hydrogen-bond donors (Lipinski definition) is 2. The van der Waals surface area contributed by atoms with Crippen LogP contribution in [0.25, 0.3) is 10.9 Å². The number of ether oxygens (including phenoxy) is 2. The lowest BCUT2D eigenvalue weighted by atomic mass is 9.88. The molecule has 0 fully saturated rings. The van der Waals surface area contributed by atoms with Crippen LogP contribution in [0.3, 0.4) is 0 Å². The van der Waals surface area contributed by atoms with Gasteiger partial charge in [0.25, 0.3) is 5.91 Å². The van der Waals surface area contributed by atoms with E-state index in [1.807, 2.05) is 29.6 Å². The van der Waals surface area contributed by atoms with E-state index in [0.29, 0.717) is 35.2 Å². The molecule has 0 spiro atoms. The number of anilines is 1. The summed E-state index contributed by atoms with van der Waals surface area (Å²) in [7, 11) is 3.24. The highest BCUT2D eigenvalue weighted by Gasteiger charge is 2.26. The van der Waals surface area contributed by atoms with Crippen LogP contribution in [0.15, 0.2) is 46.0 Å². The summed E-state index contributed by atoms with van der Waals surface area (Å²) in [6, 6.07) is 7.56. The second-order valence-corrected chi connectivity index (χ2v) is 9.60. The number of nitrogens with zero attached hydrogens (tertiary/aromatic N) is 3. The Hall–Kier alpha value is -3.46. The topological polar surface area (TPSA) is 97.2 Å². The van der Waals surface area contributed by atoms with Crippen molar-refractivity contribution >= 4 is 45.4 Å². The molecule has 172 valence electrons. The Bertz CT molecular complexity index is 1260. The molecule has 33 heavy (non-hydrogen) atoms. The van der Waals surface area contributed by atoms with Gasteiger partial charge in [-0.25, -0.2) is 0 Å². The Morgan fingerprint density at radius 2 is 1.97 bits per heavy atom. The highest BCUT2D eigenvalue weighted by Crippen LogP contribution is 2.33. The van der Waals surface area contributed by atoms with Crippen LogP contribution in [0, 0.1) is 5.41 Å². The lowest BCUT2D eigenvalue weighted by molar-refractivity contribution is 0.0981. The molecule has 1 amide bonds. The van der Waals surface area contributed by atoms with Crippen molar-refractivity contribution in [3.05, 3.63) is 46.3 Å². The van der Waals surface area contributed by atoms with E-state index in [4.69, 9.17) is 9.47 Å². The number of aromatic nitrogens is 1. The average molecular weight is 466 g/mol. The van der Waals surface area contributed by atoms with Crippen LogP contribution in [-0.4, -0.2) is 36.7 Å². The SMILES string of the molecule is COc1cc(OC)c2c(CNc3ccsc3C(=O)NC3=NN=C(C(C)(C)C)C3)ccnc2c1. The molecule has 2 aromatic heterocycles. The van der Waals surface area contributed by atoms with E-state index in [1.165, 1.54) is 11.3 Å². The second kappa shape index (κ2) is 9.19. The van der Waals surface area contributed by atoms with Crippen molar-refractivity contribution in [1.29, 1.82) is 0 Å². The first-order valence-electron chi connectivity index (χ1n) is 10.6. The highest BCUT2D eigenvalue weighted by atomic mass is 32.1. The molecule has 3 aromatic rings. The maximum atomic E-state index is 12.9. The van der Waals surface area contributed by atoms with Gasteiger partial charge in [0, 0.05) is 42.1 Å². The van der Waals surface area contributed by atoms with E-state index in [2.05, 4.69) is 46.6 Å². The number of thiophene rings is 1. The third-order valence-electron chi connectivity index (χ3n) is 5.41. The molecule has 9 heteroatoms. The number of methoxy groups -OCH3 is 2. The van der Waals surface area contributed by atoms with Crippen LogP contribution in [0.2, 0.25) is 0 Å². The van der Waals surface area contributed by atoms with Gasteiger partial charge in [0.1, 0.15) is 22.2 Å². The standard InChI is InChI=1S/C24H27N5O3S/c1-24(2,3)19-12-20(29-28-19)27-23(30)22-16(7-9-33-22)26-13-14-6-8-25-17-10-15(31-4)11-18(32-5)21(14)17/h6-11,26H,12-13H2,1-5H3,(H,27,29,30). The Labute approximate surface area is 196 Å². The maximum Gasteiger partial charge on any atom is 0.268 e. The normalized spacial score (nSPS) is 13.5. The van der Waals surface area contributed by atoms with Crippen molar-refractivity contribution in [3.8, 4) is 11.5 Å². The van der Waals surface area contributed by atoms with Gasteiger partial charge in [-0.2, -0.15) is 5.10 Å². The van der Waals surface area contributed by atoms with Gasteiger partial charge < -0.3 is 20.1 Å². The first kappa shape index (κ1) is 22.7. The number of amides is 1. The van der Waals surface area contributed by atoms with Gasteiger partial charge in [-0.05, 0) is 23.1 Å². The summed E-state index contributed by atoms with van der Waals surface area (Å²) in [5, 5.41) is 17.5. The quantitative estimate of drug-likeness (QED) is 0.542. The van der Waals surface area contributed by atoms with E-state index in [-0.39, 0.29) is 11.3 Å². The molecule has 1 aliphatic rings. The zero-order valence-electron chi connectivity index (χ0n) is 19.4. The molecular weight excluding hydrogens is 438 g/mol. The van der Waals surface area contributed by atoms with Crippen LogP contribution in [-0.2, 0) is 6.54 Å². The van der Waals surface area contributed by atoms with Gasteiger partial charge in [-0.1, -0.05) is 20.8 Å². The fourth-order valence-electron chi connectivity index (χ4n) is 3.55. The average Bonchev–Trinajstić information content (AvgIpc) is 3.46. The third-order valence-corrected chi connectivity index (χ3v) is 6.32. The number of amidine groups is 1. The third kappa shape index (κ3) is 4.83. The van der Waals surface area contributed by atoms with Crippen molar-refractivity contribution in [2.75, 3.05) is 19.5 Å². The van der Waals surface area contributed by atoms with Crippen molar-refractivity contribution in [2.24, 2.45) is 15.6 Å². The number of pyridine rings is 1. The Balaban J connectivity index is 1.49. The number of carbonyl (C=O) groups is 1. The molecule has 4 rings (SSSR count). The highest BCUT2D eigenvalue weighted by molar-refractivity contribution is 7.12. The van der Waals surface area contributed by atoms with Gasteiger partial charge in [-0.15, -0.1) is 16.4 Å². The summed E-state index contributed by atoms with van der Waals surface area (Å²) >= 11 is 1.38. The van der Waals surface area contributed by atoms with Gasteiger partial charge in [0.05, 0.1) is 31.1 Å². The summed E-state index contributed by atoms with van der Waals surface area (Å²) in [6.07, 6.45) is 2.31. The minimum Gasteiger partial charge on any atom is -0.497 e. The van der Waals surface area contributed by atoms with E-state index in [9.17, 15) is 4.79 Å². The number of fused-ring (bicyclic) bond motifs is 1. The monoisotopic (exact) mass is 465 g/mol. The van der Waals surface area contributed by atoms with Gasteiger partial charge in [0.15, 0.2) is 0 Å². The molecule has 1 aliphatic heterocycles. The van der Waals surface area contributed by atoms with E-state index in [0.717, 1.165) is 27.9 Å². The second-order valence-electron chi connectivity index (χ2n) is 8.69. The maximum absolute atomic E-state index is 12.9. The predicted molar refractivity (Wildman–Crippen MR) is 133 cm³/mol. The molecule has 0 unspecified atom stereocenters. The van der Waals surface area contributed by atoms with Crippen LogP contribution >= 0.6 is 11.3 Å². The lowest BCUT2D eigenvalue weighted by Crippen LogP contribution is -2.32. The van der Waals surface area contributed by atoms with Crippen LogP contribution in [0.4, 0.5) is 5.69 Å². The zero-order chi connectivity index (χ0) is 23.6. The Morgan fingerprint density at radius 1 is 1.15 bits per heavy atom. The molecule has 2 N–H and O–H groups in total. The van der Waals surface area contributed by atoms with Crippen molar-refractivity contribution in [1.82, 2.24) is 10.3 Å². The summed E-state index contributed by atoms with van der Waals surface area (Å²) in [5.74, 6) is 1.75. The first-order valence-corrected chi connectivity index (χ1v) is 11.4. The molecule has 1 aromatic carbocycles. The summed E-state index contributed by atoms with van der Waals surface area (Å²) in [6.45, 7) is 6.75. The molecule has 0 atom stereocenters. The molecule has 0 saturated heterocycles. The Morgan fingerprint density at radius 3 is 2.67 bits per heavy atom. The molecule has 3 heterocycles. The summed E-state index contributed by atoms with van der Waals surface area (Å²) < 4.78 is 10.9. The summed E-state index contributed by atoms with van der Waals surface area (Å²) in [4.78, 5) is 18.0. The first-order chi connectivity index (χ1) is 15.8. The zero-order valence-corrected chi connectivity index (χ0v) is 20.2. The minimum atomic E-state index is -0.196. The minimum absolute atomic E-state index is 0.0794. The molecular formula is C24H27N5O3S. The molecule has 8 nitrogen and oxygen atoms in total. The number of hydrogen-bond acceptors (Lipinski definition) is 8. The fraction of sp³-hybridized carbons (Fsp3) is 0.333. The van der Waals surface area contributed by atoms with Crippen LogP contribution in [0.5, 0.6) is 11.5 Å².